The van der Waals surface area contributed by atoms with Crippen LogP contribution in [0, 0.1) is 0 Å². The van der Waals surface area contributed by atoms with Gasteiger partial charge in [-0.25, -0.2) is 0 Å². The molecule has 2 atom stereocenters. The first-order valence-corrected chi connectivity index (χ1v) is 8.46. The molecule has 0 heterocycles. The number of aliphatic hydroxyl groups is 1. The lowest BCUT2D eigenvalue weighted by Gasteiger charge is -2.17. The maximum absolute atomic E-state index is 12.1. The summed E-state index contributed by atoms with van der Waals surface area (Å²) in [6, 6.07) is 7.59. The van der Waals surface area contributed by atoms with E-state index in [-0.39, 0.29) is 12.6 Å². The van der Waals surface area contributed by atoms with Gasteiger partial charge < -0.3 is 10.4 Å². The molecule has 0 bridgehead atoms. The van der Waals surface area contributed by atoms with Crippen molar-refractivity contribution in [2.75, 3.05) is 18.9 Å². The molecule has 19 heavy (non-hydrogen) atoms. The minimum absolute atomic E-state index is 0.105. The molecule has 0 saturated heterocycles. The monoisotopic (exact) mass is 303 g/mol. The number of aliphatic hydroxyl groups excluding tert-OH is 1. The topological polar surface area (TPSA) is 49.3 Å². The van der Waals surface area contributed by atoms with Crippen molar-refractivity contribution in [3.05, 3.63) is 34.9 Å². The zero-order chi connectivity index (χ0) is 14.1. The van der Waals surface area contributed by atoms with Gasteiger partial charge in [0.15, 0.2) is 0 Å². The average Bonchev–Trinajstić information content (AvgIpc) is 2.39. The molecule has 0 aliphatic rings. The molecule has 0 fully saturated rings. The predicted octanol–water partition coefficient (Wildman–Crippen LogP) is 2.34. The second kappa shape index (κ2) is 9.48. The van der Waals surface area contributed by atoms with Crippen molar-refractivity contribution < 1.29 is 9.32 Å². The largest absolute Gasteiger partial charge is 0.396 e. The van der Waals surface area contributed by atoms with Crippen molar-refractivity contribution in [1.29, 1.82) is 0 Å². The van der Waals surface area contributed by atoms with Gasteiger partial charge in [-0.05, 0) is 31.0 Å². The van der Waals surface area contributed by atoms with E-state index in [9.17, 15) is 4.21 Å². The van der Waals surface area contributed by atoms with Crippen LogP contribution in [-0.2, 0) is 16.6 Å². The maximum atomic E-state index is 12.1. The summed E-state index contributed by atoms with van der Waals surface area (Å²) in [5.41, 5.74) is 0.917. The van der Waals surface area contributed by atoms with E-state index in [0.29, 0.717) is 22.9 Å². The molecule has 0 saturated carbocycles. The molecule has 0 aliphatic carbocycles. The Kier molecular flexibility index (Phi) is 8.30. The molecule has 5 heteroatoms. The molecule has 2 N–H and O–H groups in total. The highest BCUT2D eigenvalue weighted by Gasteiger charge is 2.13. The minimum atomic E-state index is -0.974. The van der Waals surface area contributed by atoms with E-state index in [1.54, 1.807) is 0 Å². The van der Waals surface area contributed by atoms with Crippen LogP contribution in [0.1, 0.15) is 25.3 Å². The molecule has 1 aromatic carbocycles. The lowest BCUT2D eigenvalue weighted by Crippen LogP contribution is -2.35. The number of hydrogen-bond acceptors (Lipinski definition) is 3. The predicted molar refractivity (Wildman–Crippen MR) is 81.9 cm³/mol. The third-order valence-electron chi connectivity index (χ3n) is 2.82. The zero-order valence-corrected chi connectivity index (χ0v) is 12.8. The second-order valence-electron chi connectivity index (χ2n) is 4.51. The first kappa shape index (κ1) is 16.6. The number of hydrogen-bond donors (Lipinski definition) is 2. The summed E-state index contributed by atoms with van der Waals surface area (Å²) >= 11 is 6.06. The number of benzene rings is 1. The highest BCUT2D eigenvalue weighted by Crippen LogP contribution is 2.17. The van der Waals surface area contributed by atoms with Crippen molar-refractivity contribution in [1.82, 2.24) is 5.32 Å². The lowest BCUT2D eigenvalue weighted by atomic mass is 10.2. The zero-order valence-electron chi connectivity index (χ0n) is 11.3. The molecule has 3 nitrogen and oxygen atoms in total. The fraction of sp³-hybridized carbons (Fsp3) is 0.571. The van der Waals surface area contributed by atoms with E-state index in [2.05, 4.69) is 12.2 Å². The van der Waals surface area contributed by atoms with Gasteiger partial charge >= 0.3 is 0 Å². The van der Waals surface area contributed by atoms with Crippen LogP contribution >= 0.6 is 11.6 Å². The van der Waals surface area contributed by atoms with Crippen LogP contribution in [0.5, 0.6) is 0 Å². The molecular formula is C14H22ClNO2S. The third kappa shape index (κ3) is 6.52. The molecule has 1 rings (SSSR count). The molecule has 0 amide bonds. The normalized spacial score (nSPS) is 14.3. The highest BCUT2D eigenvalue weighted by molar-refractivity contribution is 7.84. The van der Waals surface area contributed by atoms with Crippen LogP contribution in [-0.4, -0.2) is 34.3 Å². The van der Waals surface area contributed by atoms with Gasteiger partial charge in [0.1, 0.15) is 0 Å². The van der Waals surface area contributed by atoms with Crippen molar-refractivity contribution in [3.8, 4) is 0 Å². The lowest BCUT2D eigenvalue weighted by molar-refractivity contribution is 0.270. The molecule has 0 aliphatic heterocycles. The van der Waals surface area contributed by atoms with Crippen LogP contribution < -0.4 is 5.32 Å². The fourth-order valence-electron chi connectivity index (χ4n) is 1.82. The van der Waals surface area contributed by atoms with Crippen molar-refractivity contribution >= 4 is 22.4 Å². The SMILES string of the molecule is CCCNC(CCO)CS(=O)Cc1ccccc1Cl. The maximum Gasteiger partial charge on any atom is 0.0501 e. The van der Waals surface area contributed by atoms with Gasteiger partial charge in [0.05, 0.1) is 5.75 Å². The van der Waals surface area contributed by atoms with Gasteiger partial charge in [-0.1, -0.05) is 36.7 Å². The number of halogens is 1. The van der Waals surface area contributed by atoms with Gasteiger partial charge in [0.25, 0.3) is 0 Å². The van der Waals surface area contributed by atoms with Crippen LogP contribution in [0.3, 0.4) is 0 Å². The molecule has 0 aromatic heterocycles. The van der Waals surface area contributed by atoms with Crippen molar-refractivity contribution in [3.63, 3.8) is 0 Å². The third-order valence-corrected chi connectivity index (χ3v) is 4.60. The Balaban J connectivity index is 2.50. The smallest absolute Gasteiger partial charge is 0.0501 e. The van der Waals surface area contributed by atoms with Gasteiger partial charge in [-0.2, -0.15) is 0 Å². The summed E-state index contributed by atoms with van der Waals surface area (Å²) in [6.07, 6.45) is 1.66. The summed E-state index contributed by atoms with van der Waals surface area (Å²) in [5, 5.41) is 13.0. The molecule has 0 radical (unpaired) electrons. The van der Waals surface area contributed by atoms with E-state index >= 15 is 0 Å². The second-order valence-corrected chi connectivity index (χ2v) is 6.41. The Morgan fingerprint density at radius 3 is 2.79 bits per heavy atom. The molecule has 2 unspecified atom stereocenters. The van der Waals surface area contributed by atoms with Gasteiger partial charge in [0, 0.05) is 34.2 Å². The summed E-state index contributed by atoms with van der Waals surface area (Å²) in [7, 11) is -0.974. The average molecular weight is 304 g/mol. The molecule has 0 spiro atoms. The standard InChI is InChI=1S/C14H22ClNO2S/c1-2-8-16-13(7-9-17)11-19(18)10-12-5-3-4-6-14(12)15/h3-6,13,16-17H,2,7-11H2,1H3. The van der Waals surface area contributed by atoms with E-state index in [1.807, 2.05) is 24.3 Å². The Hall–Kier alpha value is -0.420. The van der Waals surface area contributed by atoms with Crippen LogP contribution in [0.15, 0.2) is 24.3 Å². The van der Waals surface area contributed by atoms with E-state index in [4.69, 9.17) is 16.7 Å². The van der Waals surface area contributed by atoms with Gasteiger partial charge in [-0.3, -0.25) is 4.21 Å². The summed E-state index contributed by atoms with van der Waals surface area (Å²) in [5.74, 6) is 1.02. The Morgan fingerprint density at radius 2 is 2.16 bits per heavy atom. The van der Waals surface area contributed by atoms with Crippen molar-refractivity contribution in [2.24, 2.45) is 0 Å². The van der Waals surface area contributed by atoms with Crippen LogP contribution in [0.25, 0.3) is 0 Å². The van der Waals surface area contributed by atoms with E-state index < -0.39 is 10.8 Å². The first-order chi connectivity index (χ1) is 9.17. The van der Waals surface area contributed by atoms with Gasteiger partial charge in [0.2, 0.25) is 0 Å². The molecular weight excluding hydrogens is 282 g/mol. The summed E-state index contributed by atoms with van der Waals surface area (Å²) < 4.78 is 12.1. The number of nitrogens with one attached hydrogen (secondary N) is 1. The molecule has 1 aromatic rings. The number of rotatable bonds is 9. The first-order valence-electron chi connectivity index (χ1n) is 6.60. The fourth-order valence-corrected chi connectivity index (χ4v) is 3.55. The van der Waals surface area contributed by atoms with E-state index in [0.717, 1.165) is 18.5 Å². The summed E-state index contributed by atoms with van der Waals surface area (Å²) in [6.45, 7) is 3.09. The van der Waals surface area contributed by atoms with Crippen LogP contribution in [0.2, 0.25) is 5.02 Å². The quantitative estimate of drug-likeness (QED) is 0.736. The molecule has 108 valence electrons. The van der Waals surface area contributed by atoms with E-state index in [1.165, 1.54) is 0 Å². The Bertz CT molecular complexity index is 401. The summed E-state index contributed by atoms with van der Waals surface area (Å²) in [4.78, 5) is 0. The van der Waals surface area contributed by atoms with Crippen LogP contribution in [0.4, 0.5) is 0 Å². The minimum Gasteiger partial charge on any atom is -0.396 e. The Labute approximate surface area is 122 Å². The van der Waals surface area contributed by atoms with Crippen molar-refractivity contribution in [2.45, 2.75) is 31.6 Å². The highest BCUT2D eigenvalue weighted by atomic mass is 35.5. The van der Waals surface area contributed by atoms with Gasteiger partial charge in [-0.15, -0.1) is 0 Å². The Morgan fingerprint density at radius 1 is 1.42 bits per heavy atom.